The fraction of sp³-hybridized carbons (Fsp3) is 0.829. The van der Waals surface area contributed by atoms with Crippen molar-refractivity contribution in [3.8, 4) is 0 Å². The number of amides is 1. The number of allylic oxidation sites excluding steroid dienone is 9. The number of rotatable bonds is 58. The van der Waals surface area contributed by atoms with Crippen molar-refractivity contribution < 1.29 is 49.3 Å². The number of aliphatic hydroxyl groups is 5. The average molecular weight is 1140 g/mol. The first-order valence-corrected chi connectivity index (χ1v) is 34.1. The standard InChI is InChI=1S/C70H127NO10/c1-4-7-10-13-16-19-22-24-26-27-28-29-30-31-32-33-34-35-36-38-39-42-45-48-51-54-57-63(74)69(78)71-61(62(73)56-53-50-47-44-41-21-18-15-12-9-6-3)60-79-70-68(67(77)66(76)64(59-72)80-70)81-65(75)58-55-52-49-46-43-40-37-25-23-20-17-14-11-8-5-2/h16,19,24,26,28-29,31-32,53,56,61-64,66-68,70,72-74,76-77H,4-15,17-18,20-23,25,27,30,33-52,54-55,57-60H2,1-3H3,(H,71,78)/b19-16-,26-24-,29-28-,32-31-,56-53+. The first kappa shape index (κ1) is 76.4. The molecule has 1 amide bonds. The summed E-state index contributed by atoms with van der Waals surface area (Å²) in [6, 6.07) is -1.03. The van der Waals surface area contributed by atoms with Gasteiger partial charge in [0.25, 0.3) is 0 Å². The predicted octanol–water partition coefficient (Wildman–Crippen LogP) is 17.0. The Hall–Kier alpha value is -2.64. The Morgan fingerprint density at radius 1 is 0.481 bits per heavy atom. The Bertz CT molecular complexity index is 1550. The molecule has 1 heterocycles. The monoisotopic (exact) mass is 1140 g/mol. The highest BCUT2D eigenvalue weighted by atomic mass is 16.7. The lowest BCUT2D eigenvalue weighted by Gasteiger charge is -2.41. The Labute approximate surface area is 497 Å². The zero-order valence-electron chi connectivity index (χ0n) is 52.4. The molecule has 1 saturated heterocycles. The van der Waals surface area contributed by atoms with Gasteiger partial charge in [-0.15, -0.1) is 0 Å². The SMILES string of the molecule is CCCCC/C=C\C/C=C\C/C=C\C/C=C\CCCCCCCCCCCCC(O)C(=O)NC(COC1OC(CO)C(O)C(O)C1OC(=O)CCCCCCCCCCCCCCCCC)C(O)/C=C/CCCCCCCCCCC. The second kappa shape index (κ2) is 57.8. The van der Waals surface area contributed by atoms with Gasteiger partial charge in [-0.1, -0.05) is 293 Å². The van der Waals surface area contributed by atoms with E-state index in [0.717, 1.165) is 83.5 Å². The summed E-state index contributed by atoms with van der Waals surface area (Å²) in [6.45, 7) is 5.78. The van der Waals surface area contributed by atoms with Crippen LogP contribution in [-0.4, -0.2) is 99.6 Å². The highest BCUT2D eigenvalue weighted by Gasteiger charge is 2.47. The Kier molecular flexibility index (Phi) is 54.5. The number of ether oxygens (including phenoxy) is 3. The number of hydrogen-bond donors (Lipinski definition) is 6. The van der Waals surface area contributed by atoms with Gasteiger partial charge in [0.15, 0.2) is 12.4 Å². The number of aliphatic hydroxyl groups excluding tert-OH is 5. The molecule has 0 saturated carbocycles. The van der Waals surface area contributed by atoms with Crippen LogP contribution in [0.2, 0.25) is 0 Å². The van der Waals surface area contributed by atoms with Crippen molar-refractivity contribution in [2.75, 3.05) is 13.2 Å². The number of carbonyl (C=O) groups is 2. The largest absolute Gasteiger partial charge is 0.454 e. The van der Waals surface area contributed by atoms with Gasteiger partial charge in [-0.2, -0.15) is 0 Å². The summed E-state index contributed by atoms with van der Waals surface area (Å²) < 4.78 is 17.6. The second-order valence-electron chi connectivity index (χ2n) is 23.6. The fourth-order valence-corrected chi connectivity index (χ4v) is 10.5. The molecule has 1 aliphatic heterocycles. The molecule has 1 rings (SSSR count). The molecule has 8 atom stereocenters. The first-order chi connectivity index (χ1) is 39.7. The molecular formula is C70H127NO10. The third kappa shape index (κ3) is 45.4. The minimum absolute atomic E-state index is 0.126. The van der Waals surface area contributed by atoms with Crippen LogP contribution in [0.25, 0.3) is 0 Å². The van der Waals surface area contributed by atoms with E-state index >= 15 is 0 Å². The Balaban J connectivity index is 2.57. The Morgan fingerprint density at radius 2 is 0.852 bits per heavy atom. The molecule has 0 bridgehead atoms. The molecule has 6 N–H and O–H groups in total. The van der Waals surface area contributed by atoms with Crippen molar-refractivity contribution >= 4 is 11.9 Å². The lowest BCUT2D eigenvalue weighted by Crippen LogP contribution is -2.61. The highest BCUT2D eigenvalue weighted by Crippen LogP contribution is 2.26. The molecule has 0 spiro atoms. The minimum atomic E-state index is -1.61. The third-order valence-corrected chi connectivity index (χ3v) is 15.9. The maximum Gasteiger partial charge on any atom is 0.306 e. The topological polar surface area (TPSA) is 175 Å². The fourth-order valence-electron chi connectivity index (χ4n) is 10.5. The van der Waals surface area contributed by atoms with Gasteiger partial charge >= 0.3 is 5.97 Å². The smallest absolute Gasteiger partial charge is 0.306 e. The van der Waals surface area contributed by atoms with Crippen LogP contribution in [0.1, 0.15) is 310 Å². The molecule has 1 aliphatic rings. The normalized spacial score (nSPS) is 19.0. The average Bonchev–Trinajstić information content (AvgIpc) is 3.51. The quantitative estimate of drug-likeness (QED) is 0.0195. The number of carbonyl (C=O) groups excluding carboxylic acids is 2. The molecule has 81 heavy (non-hydrogen) atoms. The van der Waals surface area contributed by atoms with Crippen molar-refractivity contribution in [3.63, 3.8) is 0 Å². The van der Waals surface area contributed by atoms with Crippen molar-refractivity contribution in [2.24, 2.45) is 0 Å². The predicted molar refractivity (Wildman–Crippen MR) is 338 cm³/mol. The van der Waals surface area contributed by atoms with Crippen LogP contribution in [0.5, 0.6) is 0 Å². The third-order valence-electron chi connectivity index (χ3n) is 15.9. The van der Waals surface area contributed by atoms with Gasteiger partial charge < -0.3 is 45.1 Å². The maximum absolute atomic E-state index is 13.5. The van der Waals surface area contributed by atoms with Gasteiger partial charge in [0.1, 0.15) is 24.4 Å². The number of esters is 1. The van der Waals surface area contributed by atoms with Crippen molar-refractivity contribution in [2.45, 2.75) is 359 Å². The van der Waals surface area contributed by atoms with Crippen LogP contribution >= 0.6 is 0 Å². The van der Waals surface area contributed by atoms with Gasteiger partial charge in [0, 0.05) is 6.42 Å². The van der Waals surface area contributed by atoms with Crippen LogP contribution < -0.4 is 5.32 Å². The van der Waals surface area contributed by atoms with Crippen molar-refractivity contribution in [1.82, 2.24) is 5.32 Å². The first-order valence-electron chi connectivity index (χ1n) is 34.1. The number of hydrogen-bond acceptors (Lipinski definition) is 10. The van der Waals surface area contributed by atoms with E-state index in [2.05, 4.69) is 74.7 Å². The van der Waals surface area contributed by atoms with Gasteiger partial charge in [-0.25, -0.2) is 0 Å². The van der Waals surface area contributed by atoms with Crippen LogP contribution in [-0.2, 0) is 23.8 Å². The van der Waals surface area contributed by atoms with E-state index in [1.807, 2.05) is 6.08 Å². The molecule has 1 fully saturated rings. The molecule has 0 radical (unpaired) electrons. The molecule has 0 aromatic heterocycles. The number of nitrogens with one attached hydrogen (secondary N) is 1. The molecule has 0 aromatic rings. The van der Waals surface area contributed by atoms with Crippen LogP contribution in [0.15, 0.2) is 60.8 Å². The maximum atomic E-state index is 13.5. The van der Waals surface area contributed by atoms with Crippen molar-refractivity contribution in [3.05, 3.63) is 60.8 Å². The summed E-state index contributed by atoms with van der Waals surface area (Å²) in [5, 5.41) is 57.1. The highest BCUT2D eigenvalue weighted by molar-refractivity contribution is 5.80. The van der Waals surface area contributed by atoms with E-state index < -0.39 is 67.4 Å². The van der Waals surface area contributed by atoms with Gasteiger partial charge in [0.05, 0.1) is 25.4 Å². The summed E-state index contributed by atoms with van der Waals surface area (Å²) in [5.74, 6) is -1.19. The molecule has 8 unspecified atom stereocenters. The lowest BCUT2D eigenvalue weighted by atomic mass is 9.99. The van der Waals surface area contributed by atoms with E-state index in [1.165, 1.54) is 180 Å². The summed E-state index contributed by atoms with van der Waals surface area (Å²) in [5.41, 5.74) is 0. The molecule has 11 nitrogen and oxygen atoms in total. The van der Waals surface area contributed by atoms with E-state index in [4.69, 9.17) is 14.2 Å². The molecular weight excluding hydrogens is 1010 g/mol. The second-order valence-corrected chi connectivity index (χ2v) is 23.6. The lowest BCUT2D eigenvalue weighted by molar-refractivity contribution is -0.305. The summed E-state index contributed by atoms with van der Waals surface area (Å²) in [6.07, 6.45) is 62.6. The van der Waals surface area contributed by atoms with Gasteiger partial charge in [-0.05, 0) is 70.6 Å². The molecule has 0 aromatic carbocycles. The molecule has 472 valence electrons. The zero-order chi connectivity index (χ0) is 58.9. The summed E-state index contributed by atoms with van der Waals surface area (Å²) in [4.78, 5) is 26.6. The van der Waals surface area contributed by atoms with E-state index in [-0.39, 0.29) is 19.4 Å². The zero-order valence-corrected chi connectivity index (χ0v) is 52.4. The van der Waals surface area contributed by atoms with E-state index in [1.54, 1.807) is 6.08 Å². The van der Waals surface area contributed by atoms with Gasteiger partial charge in [0.2, 0.25) is 5.91 Å². The summed E-state index contributed by atoms with van der Waals surface area (Å²) in [7, 11) is 0. The minimum Gasteiger partial charge on any atom is -0.454 e. The van der Waals surface area contributed by atoms with E-state index in [0.29, 0.717) is 12.8 Å². The summed E-state index contributed by atoms with van der Waals surface area (Å²) >= 11 is 0. The van der Waals surface area contributed by atoms with Crippen LogP contribution in [0.4, 0.5) is 0 Å². The number of unbranched alkanes of at least 4 members (excludes halogenated alkanes) is 36. The van der Waals surface area contributed by atoms with Gasteiger partial charge in [-0.3, -0.25) is 9.59 Å². The van der Waals surface area contributed by atoms with Crippen LogP contribution in [0, 0.1) is 0 Å². The van der Waals surface area contributed by atoms with Crippen molar-refractivity contribution in [1.29, 1.82) is 0 Å². The van der Waals surface area contributed by atoms with Crippen LogP contribution in [0.3, 0.4) is 0 Å². The Morgan fingerprint density at radius 3 is 1.30 bits per heavy atom. The molecule has 11 heteroatoms. The van der Waals surface area contributed by atoms with E-state index in [9.17, 15) is 35.1 Å². The molecule has 0 aliphatic carbocycles.